The van der Waals surface area contributed by atoms with E-state index in [1.165, 1.54) is 38.5 Å². The number of fused-ring (bicyclic) bond motifs is 4. The van der Waals surface area contributed by atoms with Crippen molar-refractivity contribution in [3.63, 3.8) is 0 Å². The highest BCUT2D eigenvalue weighted by molar-refractivity contribution is 5.33. The van der Waals surface area contributed by atoms with Crippen LogP contribution >= 0.6 is 0 Å². The van der Waals surface area contributed by atoms with Gasteiger partial charge in [0.25, 0.3) is 0 Å². The van der Waals surface area contributed by atoms with E-state index >= 15 is 0 Å². The van der Waals surface area contributed by atoms with Crippen molar-refractivity contribution in [2.45, 2.75) is 155 Å². The lowest BCUT2D eigenvalue weighted by molar-refractivity contribution is -0.253. The molecule has 2 N–H and O–H groups in total. The Morgan fingerprint density at radius 1 is 0.979 bits per heavy atom. The van der Waals surface area contributed by atoms with Crippen molar-refractivity contribution >= 4 is 0 Å². The van der Waals surface area contributed by atoms with Crippen molar-refractivity contribution in [1.82, 2.24) is 9.80 Å². The maximum Gasteiger partial charge on any atom is 0.170 e. The van der Waals surface area contributed by atoms with Gasteiger partial charge in [-0.2, -0.15) is 0 Å². The first-order chi connectivity index (χ1) is 22.5. The standard InChI is InChI=1S/C40H68N2O6/c1-10-45-34(36(5,6)44)26-19-24(2)31-32(47-26)33(43)38(8)28-12-11-27-35(3,4)29(13-14-39(27)23-40(28,39)16-15-37(31,38)7)48-30-22-42(17-18-46-30)25-20-41(9)21-25/h24-34,43-44H,10-23H2,1-9H3/t24-,26?,27+,28?,29+,30+,31+,32?,33+,34+,37-,38-,39-,40+/m1/s1. The minimum Gasteiger partial charge on any atom is -0.390 e. The van der Waals surface area contributed by atoms with Gasteiger partial charge in [0.1, 0.15) is 6.10 Å². The third-order valence-corrected chi connectivity index (χ3v) is 17.1. The second-order valence-corrected chi connectivity index (χ2v) is 19.9. The van der Waals surface area contributed by atoms with Crippen LogP contribution in [0.4, 0.5) is 0 Å². The predicted molar refractivity (Wildman–Crippen MR) is 185 cm³/mol. The maximum atomic E-state index is 12.6. The van der Waals surface area contributed by atoms with Crippen LogP contribution in [0, 0.1) is 50.7 Å². The summed E-state index contributed by atoms with van der Waals surface area (Å²) in [5.74, 6) is 1.87. The molecule has 5 aliphatic carbocycles. The number of nitrogens with zero attached hydrogens (tertiary/aromatic N) is 2. The van der Waals surface area contributed by atoms with Gasteiger partial charge in [0, 0.05) is 44.2 Å². The van der Waals surface area contributed by atoms with Crippen LogP contribution in [0.5, 0.6) is 0 Å². The zero-order valence-electron chi connectivity index (χ0n) is 31.7. The van der Waals surface area contributed by atoms with E-state index in [1.807, 2.05) is 20.8 Å². The van der Waals surface area contributed by atoms with Gasteiger partial charge in [0.2, 0.25) is 0 Å². The first kappa shape index (κ1) is 34.7. The molecule has 3 aliphatic heterocycles. The molecule has 2 spiro atoms. The summed E-state index contributed by atoms with van der Waals surface area (Å²) in [5.41, 5.74) is -0.400. The molecule has 3 heterocycles. The number of morpholine rings is 1. The number of rotatable bonds is 7. The third kappa shape index (κ3) is 4.61. The van der Waals surface area contributed by atoms with E-state index in [2.05, 4.69) is 51.5 Å². The molecular weight excluding hydrogens is 604 g/mol. The molecule has 0 radical (unpaired) electrons. The molecule has 8 rings (SSSR count). The minimum atomic E-state index is -1.01. The molecule has 0 amide bonds. The van der Waals surface area contributed by atoms with E-state index in [1.54, 1.807) is 0 Å². The molecule has 8 fully saturated rings. The molecule has 274 valence electrons. The number of hydrogen-bond donors (Lipinski definition) is 2. The van der Waals surface area contributed by atoms with Crippen LogP contribution in [0.25, 0.3) is 0 Å². The normalized spacial score (nSPS) is 52.7. The molecule has 0 aromatic carbocycles. The molecule has 3 saturated heterocycles. The fraction of sp³-hybridized carbons (Fsp3) is 1.00. The summed E-state index contributed by atoms with van der Waals surface area (Å²) >= 11 is 0. The van der Waals surface area contributed by atoms with Crippen LogP contribution < -0.4 is 0 Å². The number of aliphatic hydroxyl groups excluding tert-OH is 1. The van der Waals surface area contributed by atoms with Gasteiger partial charge >= 0.3 is 0 Å². The third-order valence-electron chi connectivity index (χ3n) is 17.1. The maximum absolute atomic E-state index is 12.6. The van der Waals surface area contributed by atoms with Crippen molar-refractivity contribution in [2.24, 2.45) is 50.7 Å². The molecular formula is C40H68N2O6. The van der Waals surface area contributed by atoms with E-state index in [0.29, 0.717) is 47.2 Å². The summed E-state index contributed by atoms with van der Waals surface area (Å²) < 4.78 is 26.4. The SMILES string of the molecule is CCO[C@@H](C1C[C@@H](C)[C@H]2C(O1)[C@H](O)[C@@]1(C)C3CC[C@H]4C(C)(C)[C@@H](O[C@H]5CN(C6CN(C)C6)CCO5)CC[C@@]45C[C@@]35CC[C@]21C)C(C)(C)O. The van der Waals surface area contributed by atoms with Gasteiger partial charge < -0.3 is 34.1 Å². The first-order valence-corrected chi connectivity index (χ1v) is 19.9. The van der Waals surface area contributed by atoms with Crippen molar-refractivity contribution in [1.29, 1.82) is 0 Å². The second kappa shape index (κ2) is 11.3. The zero-order valence-corrected chi connectivity index (χ0v) is 31.7. The van der Waals surface area contributed by atoms with Crippen LogP contribution in [-0.2, 0) is 18.9 Å². The summed E-state index contributed by atoms with van der Waals surface area (Å²) in [6, 6.07) is 0.647. The van der Waals surface area contributed by atoms with E-state index in [-0.39, 0.29) is 40.8 Å². The summed E-state index contributed by atoms with van der Waals surface area (Å²) in [7, 11) is 2.21. The summed E-state index contributed by atoms with van der Waals surface area (Å²) in [6.07, 6.45) is 8.20. The van der Waals surface area contributed by atoms with E-state index in [4.69, 9.17) is 18.9 Å². The Balaban J connectivity index is 1.01. The average molecular weight is 673 g/mol. The predicted octanol–water partition coefficient (Wildman–Crippen LogP) is 5.33. The van der Waals surface area contributed by atoms with Gasteiger partial charge in [0.15, 0.2) is 6.29 Å². The molecule has 48 heavy (non-hydrogen) atoms. The molecule has 0 aromatic rings. The largest absolute Gasteiger partial charge is 0.390 e. The van der Waals surface area contributed by atoms with Crippen molar-refractivity contribution in [3.8, 4) is 0 Å². The number of aliphatic hydroxyl groups is 2. The highest BCUT2D eigenvalue weighted by Gasteiger charge is 2.84. The molecule has 14 atom stereocenters. The Kier molecular flexibility index (Phi) is 8.21. The van der Waals surface area contributed by atoms with E-state index < -0.39 is 17.8 Å². The highest BCUT2D eigenvalue weighted by Crippen LogP contribution is 2.89. The molecule has 8 aliphatic rings. The molecule has 3 unspecified atom stereocenters. The number of hydrogen-bond acceptors (Lipinski definition) is 8. The lowest BCUT2D eigenvalue weighted by atomic mass is 9.41. The molecule has 8 heteroatoms. The topological polar surface area (TPSA) is 83.9 Å². The van der Waals surface area contributed by atoms with Gasteiger partial charge in [-0.15, -0.1) is 0 Å². The number of ether oxygens (including phenoxy) is 4. The van der Waals surface area contributed by atoms with E-state index in [0.717, 1.165) is 45.6 Å². The first-order valence-electron chi connectivity index (χ1n) is 19.9. The van der Waals surface area contributed by atoms with Gasteiger partial charge in [-0.1, -0.05) is 34.6 Å². The van der Waals surface area contributed by atoms with Gasteiger partial charge in [-0.3, -0.25) is 4.90 Å². The zero-order chi connectivity index (χ0) is 34.2. The van der Waals surface area contributed by atoms with Gasteiger partial charge in [0.05, 0.1) is 36.6 Å². The summed E-state index contributed by atoms with van der Waals surface area (Å²) in [4.78, 5) is 5.00. The Hall–Kier alpha value is -0.320. The van der Waals surface area contributed by atoms with Crippen LogP contribution in [0.1, 0.15) is 107 Å². The summed E-state index contributed by atoms with van der Waals surface area (Å²) in [5, 5.41) is 23.7. The van der Waals surface area contributed by atoms with Crippen molar-refractivity contribution in [2.75, 3.05) is 46.4 Å². The Bertz CT molecular complexity index is 1230. The quantitative estimate of drug-likeness (QED) is 0.376. The van der Waals surface area contributed by atoms with Gasteiger partial charge in [-0.05, 0) is 125 Å². The van der Waals surface area contributed by atoms with Crippen LogP contribution in [0.3, 0.4) is 0 Å². The molecule has 5 saturated carbocycles. The second-order valence-electron chi connectivity index (χ2n) is 19.9. The Morgan fingerprint density at radius 2 is 1.69 bits per heavy atom. The lowest BCUT2D eigenvalue weighted by Gasteiger charge is -2.64. The Labute approximate surface area is 290 Å². The monoisotopic (exact) mass is 673 g/mol. The Morgan fingerprint density at radius 3 is 2.38 bits per heavy atom. The lowest BCUT2D eigenvalue weighted by Crippen LogP contribution is -2.62. The van der Waals surface area contributed by atoms with Crippen LogP contribution in [-0.4, -0.2) is 115 Å². The smallest absolute Gasteiger partial charge is 0.170 e. The highest BCUT2D eigenvalue weighted by atomic mass is 16.7. The van der Waals surface area contributed by atoms with Crippen LogP contribution in [0.2, 0.25) is 0 Å². The molecule has 8 nitrogen and oxygen atoms in total. The minimum absolute atomic E-state index is 0.0269. The van der Waals surface area contributed by atoms with Crippen molar-refractivity contribution < 1.29 is 29.2 Å². The fourth-order valence-electron chi connectivity index (χ4n) is 14.8. The molecule has 0 aromatic heterocycles. The van der Waals surface area contributed by atoms with E-state index in [9.17, 15) is 10.2 Å². The average Bonchev–Trinajstić information content (AvgIpc) is 3.64. The number of likely N-dealkylation sites (N-methyl/N-ethyl adjacent to an activating group) is 1. The van der Waals surface area contributed by atoms with Crippen molar-refractivity contribution in [3.05, 3.63) is 0 Å². The number of likely N-dealkylation sites (tertiary alicyclic amines) is 1. The van der Waals surface area contributed by atoms with Crippen LogP contribution in [0.15, 0.2) is 0 Å². The van der Waals surface area contributed by atoms with Gasteiger partial charge in [-0.25, -0.2) is 0 Å². The fourth-order valence-corrected chi connectivity index (χ4v) is 14.8. The summed E-state index contributed by atoms with van der Waals surface area (Å²) in [6.45, 7) is 23.6. The molecule has 0 bridgehead atoms.